The van der Waals surface area contributed by atoms with Gasteiger partial charge in [0.05, 0.1) is 12.2 Å². The second-order valence-corrected chi connectivity index (χ2v) is 4.28. The van der Waals surface area contributed by atoms with E-state index in [4.69, 9.17) is 4.84 Å². The molecular weight excluding hydrogens is 252 g/mol. The summed E-state index contributed by atoms with van der Waals surface area (Å²) in [6.07, 6.45) is 0. The molecule has 0 bridgehead atoms. The van der Waals surface area contributed by atoms with Crippen LogP contribution in [-0.4, -0.2) is 12.5 Å². The number of carbonyl (C=O) groups excluding carboxylic acids is 1. The van der Waals surface area contributed by atoms with Crippen molar-refractivity contribution in [3.63, 3.8) is 0 Å². The van der Waals surface area contributed by atoms with Crippen LogP contribution < -0.4 is 10.8 Å². The first-order valence-corrected chi connectivity index (χ1v) is 6.60. The summed E-state index contributed by atoms with van der Waals surface area (Å²) in [5.74, 6) is -0.252. The average Bonchev–Trinajstić information content (AvgIpc) is 2.49. The summed E-state index contributed by atoms with van der Waals surface area (Å²) in [7, 11) is 0. The Balaban J connectivity index is 1.92. The third-order valence-electron chi connectivity index (χ3n) is 2.79. The Labute approximate surface area is 118 Å². The first-order chi connectivity index (χ1) is 9.81. The monoisotopic (exact) mass is 270 g/mol. The van der Waals surface area contributed by atoms with Gasteiger partial charge in [-0.3, -0.25) is 9.63 Å². The van der Waals surface area contributed by atoms with E-state index in [-0.39, 0.29) is 5.91 Å². The summed E-state index contributed by atoms with van der Waals surface area (Å²) in [6, 6.07) is 17.0. The lowest BCUT2D eigenvalue weighted by atomic mass is 10.1. The Hall–Kier alpha value is -2.33. The maximum absolute atomic E-state index is 12.1. The van der Waals surface area contributed by atoms with Crippen LogP contribution in [0.15, 0.2) is 54.6 Å². The van der Waals surface area contributed by atoms with Gasteiger partial charge in [-0.2, -0.15) is 0 Å². The minimum atomic E-state index is -0.252. The predicted molar refractivity (Wildman–Crippen MR) is 79.3 cm³/mol. The van der Waals surface area contributed by atoms with Gasteiger partial charge in [0.1, 0.15) is 0 Å². The molecule has 1 amide bonds. The first kappa shape index (κ1) is 14.1. The van der Waals surface area contributed by atoms with Gasteiger partial charge in [-0.1, -0.05) is 42.5 Å². The molecule has 0 radical (unpaired) electrons. The standard InChI is InChI=1S/C16H18N2O2/c1-2-17-15-11-7-6-10-14(15)16(19)18-20-12-13-8-4-3-5-9-13/h3-11,17H,2,12H2,1H3,(H,18,19). The fourth-order valence-corrected chi connectivity index (χ4v) is 1.84. The first-order valence-electron chi connectivity index (χ1n) is 6.60. The summed E-state index contributed by atoms with van der Waals surface area (Å²) in [5, 5.41) is 3.15. The Morgan fingerprint density at radius 3 is 2.50 bits per heavy atom. The highest BCUT2D eigenvalue weighted by atomic mass is 16.6. The molecule has 104 valence electrons. The van der Waals surface area contributed by atoms with E-state index in [1.165, 1.54) is 0 Å². The number of anilines is 1. The SMILES string of the molecule is CCNc1ccccc1C(=O)NOCc1ccccc1. The molecule has 0 aliphatic heterocycles. The van der Waals surface area contributed by atoms with Crippen LogP contribution in [0.3, 0.4) is 0 Å². The molecule has 4 nitrogen and oxygen atoms in total. The van der Waals surface area contributed by atoms with Crippen molar-refractivity contribution in [1.29, 1.82) is 0 Å². The summed E-state index contributed by atoms with van der Waals surface area (Å²) in [4.78, 5) is 17.3. The number of benzene rings is 2. The van der Waals surface area contributed by atoms with E-state index in [0.29, 0.717) is 12.2 Å². The zero-order valence-corrected chi connectivity index (χ0v) is 11.4. The summed E-state index contributed by atoms with van der Waals surface area (Å²) < 4.78 is 0. The maximum Gasteiger partial charge on any atom is 0.276 e. The van der Waals surface area contributed by atoms with Crippen LogP contribution in [0.4, 0.5) is 5.69 Å². The van der Waals surface area contributed by atoms with E-state index in [2.05, 4.69) is 10.8 Å². The maximum atomic E-state index is 12.1. The van der Waals surface area contributed by atoms with Crippen LogP contribution in [0.5, 0.6) is 0 Å². The molecule has 2 N–H and O–H groups in total. The minimum Gasteiger partial charge on any atom is -0.385 e. The minimum absolute atomic E-state index is 0.252. The highest BCUT2D eigenvalue weighted by molar-refractivity contribution is 5.98. The number of hydrogen-bond acceptors (Lipinski definition) is 3. The molecule has 0 fully saturated rings. The lowest BCUT2D eigenvalue weighted by Crippen LogP contribution is -2.24. The molecule has 20 heavy (non-hydrogen) atoms. The number of carbonyl (C=O) groups is 1. The molecule has 4 heteroatoms. The number of hydroxylamine groups is 1. The lowest BCUT2D eigenvalue weighted by molar-refractivity contribution is 0.0234. The van der Waals surface area contributed by atoms with Crippen molar-refractivity contribution in [2.24, 2.45) is 0 Å². The van der Waals surface area contributed by atoms with Gasteiger partial charge in [0.2, 0.25) is 0 Å². The van der Waals surface area contributed by atoms with E-state index < -0.39 is 0 Å². The molecule has 2 aromatic carbocycles. The molecule has 0 saturated carbocycles. The molecule has 2 aromatic rings. The van der Waals surface area contributed by atoms with Gasteiger partial charge in [0.25, 0.3) is 5.91 Å². The van der Waals surface area contributed by atoms with E-state index in [0.717, 1.165) is 17.8 Å². The van der Waals surface area contributed by atoms with Crippen LogP contribution in [0.25, 0.3) is 0 Å². The van der Waals surface area contributed by atoms with E-state index in [9.17, 15) is 4.79 Å². The second kappa shape index (κ2) is 7.31. The topological polar surface area (TPSA) is 50.4 Å². The molecule has 0 aliphatic rings. The molecule has 2 rings (SSSR count). The lowest BCUT2D eigenvalue weighted by Gasteiger charge is -2.10. The largest absolute Gasteiger partial charge is 0.385 e. The van der Waals surface area contributed by atoms with E-state index in [1.54, 1.807) is 6.07 Å². The Kier molecular flexibility index (Phi) is 5.15. The molecule has 0 aliphatic carbocycles. The summed E-state index contributed by atoms with van der Waals surface area (Å²) in [6.45, 7) is 3.09. The number of rotatable bonds is 6. The normalized spacial score (nSPS) is 10.1. The van der Waals surface area contributed by atoms with Gasteiger partial charge in [-0.15, -0.1) is 0 Å². The van der Waals surface area contributed by atoms with Crippen molar-refractivity contribution in [2.75, 3.05) is 11.9 Å². The van der Waals surface area contributed by atoms with Crippen molar-refractivity contribution < 1.29 is 9.63 Å². The highest BCUT2D eigenvalue weighted by Crippen LogP contribution is 2.14. The fraction of sp³-hybridized carbons (Fsp3) is 0.188. The number of para-hydroxylation sites is 1. The third kappa shape index (κ3) is 3.83. The molecule has 0 aromatic heterocycles. The van der Waals surface area contributed by atoms with Crippen molar-refractivity contribution in [2.45, 2.75) is 13.5 Å². The van der Waals surface area contributed by atoms with E-state index >= 15 is 0 Å². The Morgan fingerprint density at radius 1 is 1.05 bits per heavy atom. The number of nitrogens with one attached hydrogen (secondary N) is 2. The molecule has 0 saturated heterocycles. The van der Waals surface area contributed by atoms with Crippen LogP contribution in [0.2, 0.25) is 0 Å². The summed E-state index contributed by atoms with van der Waals surface area (Å²) in [5.41, 5.74) is 4.85. The van der Waals surface area contributed by atoms with Crippen LogP contribution >= 0.6 is 0 Å². The molecule has 0 heterocycles. The van der Waals surface area contributed by atoms with E-state index in [1.807, 2.05) is 55.5 Å². The van der Waals surface area contributed by atoms with Gasteiger partial charge >= 0.3 is 0 Å². The molecular formula is C16H18N2O2. The van der Waals surface area contributed by atoms with Gasteiger partial charge in [-0.05, 0) is 24.6 Å². The molecule has 0 atom stereocenters. The fourth-order valence-electron chi connectivity index (χ4n) is 1.84. The molecule has 0 spiro atoms. The van der Waals surface area contributed by atoms with Gasteiger partial charge in [0, 0.05) is 12.2 Å². The van der Waals surface area contributed by atoms with Crippen LogP contribution in [0.1, 0.15) is 22.8 Å². The average molecular weight is 270 g/mol. The van der Waals surface area contributed by atoms with Gasteiger partial charge in [-0.25, -0.2) is 5.48 Å². The number of amides is 1. The zero-order chi connectivity index (χ0) is 14.2. The molecule has 0 unspecified atom stereocenters. The zero-order valence-electron chi connectivity index (χ0n) is 11.4. The number of hydrogen-bond donors (Lipinski definition) is 2. The quantitative estimate of drug-likeness (QED) is 0.793. The Bertz CT molecular complexity index is 555. The van der Waals surface area contributed by atoms with Crippen LogP contribution in [-0.2, 0) is 11.4 Å². The highest BCUT2D eigenvalue weighted by Gasteiger charge is 2.10. The predicted octanol–water partition coefficient (Wildman–Crippen LogP) is 2.98. The smallest absolute Gasteiger partial charge is 0.276 e. The summed E-state index contributed by atoms with van der Waals surface area (Å²) >= 11 is 0. The van der Waals surface area contributed by atoms with Crippen molar-refractivity contribution in [1.82, 2.24) is 5.48 Å². The van der Waals surface area contributed by atoms with Crippen molar-refractivity contribution >= 4 is 11.6 Å². The van der Waals surface area contributed by atoms with Gasteiger partial charge in [0.15, 0.2) is 0 Å². The third-order valence-corrected chi connectivity index (χ3v) is 2.79. The van der Waals surface area contributed by atoms with Crippen molar-refractivity contribution in [3.8, 4) is 0 Å². The Morgan fingerprint density at radius 2 is 1.75 bits per heavy atom. The second-order valence-electron chi connectivity index (χ2n) is 4.28. The van der Waals surface area contributed by atoms with Gasteiger partial charge < -0.3 is 5.32 Å². The van der Waals surface area contributed by atoms with Crippen LogP contribution in [0, 0.1) is 0 Å². The van der Waals surface area contributed by atoms with Crippen molar-refractivity contribution in [3.05, 3.63) is 65.7 Å².